The quantitative estimate of drug-likeness (QED) is 0.932. The molecule has 1 saturated carbocycles. The van der Waals surface area contributed by atoms with Crippen molar-refractivity contribution >= 4 is 9.84 Å². The Bertz CT molecular complexity index is 522. The van der Waals surface area contributed by atoms with Crippen molar-refractivity contribution in [2.75, 3.05) is 7.05 Å². The average molecular weight is 295 g/mol. The molecule has 0 amide bonds. The minimum Gasteiger partial charge on any atom is -0.316 e. The lowest BCUT2D eigenvalue weighted by atomic mass is 9.96. The Balaban J connectivity index is 2.30. The van der Waals surface area contributed by atoms with Crippen LogP contribution in [0.3, 0.4) is 0 Å². The van der Waals surface area contributed by atoms with Gasteiger partial charge < -0.3 is 5.32 Å². The van der Waals surface area contributed by atoms with Crippen LogP contribution in [0, 0.1) is 6.92 Å². The van der Waals surface area contributed by atoms with Crippen LogP contribution in [-0.2, 0) is 9.84 Å². The van der Waals surface area contributed by atoms with E-state index in [1.54, 1.807) is 12.1 Å². The predicted molar refractivity (Wildman–Crippen MR) is 82.7 cm³/mol. The molecule has 0 radical (unpaired) electrons. The maximum absolute atomic E-state index is 12.9. The van der Waals surface area contributed by atoms with Gasteiger partial charge in [-0.2, -0.15) is 0 Å². The number of benzene rings is 1. The number of hydrogen-bond donors (Lipinski definition) is 1. The Hall–Kier alpha value is -0.870. The first-order valence-corrected chi connectivity index (χ1v) is 9.08. The van der Waals surface area contributed by atoms with E-state index in [9.17, 15) is 8.42 Å². The van der Waals surface area contributed by atoms with Crippen LogP contribution in [0.1, 0.15) is 44.1 Å². The van der Waals surface area contributed by atoms with E-state index in [0.29, 0.717) is 4.90 Å². The Kier molecular flexibility index (Phi) is 5.22. The van der Waals surface area contributed by atoms with Gasteiger partial charge in [-0.1, -0.05) is 43.4 Å². The number of hydrogen-bond acceptors (Lipinski definition) is 3. The Morgan fingerprint density at radius 2 is 1.60 bits per heavy atom. The van der Waals surface area contributed by atoms with Gasteiger partial charge in [-0.05, 0) is 38.9 Å². The van der Waals surface area contributed by atoms with E-state index in [4.69, 9.17) is 0 Å². The lowest BCUT2D eigenvalue weighted by Crippen LogP contribution is -2.43. The molecule has 1 N–H and O–H groups in total. The van der Waals surface area contributed by atoms with Crippen LogP contribution in [0.15, 0.2) is 29.2 Å². The van der Waals surface area contributed by atoms with Crippen LogP contribution in [0.4, 0.5) is 0 Å². The van der Waals surface area contributed by atoms with Crippen molar-refractivity contribution in [2.45, 2.75) is 61.6 Å². The van der Waals surface area contributed by atoms with Crippen LogP contribution in [0.25, 0.3) is 0 Å². The van der Waals surface area contributed by atoms with Crippen molar-refractivity contribution in [1.29, 1.82) is 0 Å². The molecule has 0 aliphatic heterocycles. The van der Waals surface area contributed by atoms with E-state index in [0.717, 1.165) is 37.7 Å². The van der Waals surface area contributed by atoms with E-state index in [-0.39, 0.29) is 11.3 Å². The fourth-order valence-electron chi connectivity index (χ4n) is 3.05. The van der Waals surface area contributed by atoms with Gasteiger partial charge in [0, 0.05) is 6.04 Å². The molecular formula is C16H25NO2S. The highest BCUT2D eigenvalue weighted by Gasteiger charge is 2.33. The normalized spacial score (nSPS) is 24.9. The second kappa shape index (κ2) is 6.72. The largest absolute Gasteiger partial charge is 0.316 e. The zero-order chi connectivity index (χ0) is 14.6. The number of nitrogens with one attached hydrogen (secondary N) is 1. The maximum Gasteiger partial charge on any atom is 0.182 e. The van der Waals surface area contributed by atoms with E-state index in [2.05, 4.69) is 5.32 Å². The van der Waals surface area contributed by atoms with Crippen LogP contribution in [0.5, 0.6) is 0 Å². The topological polar surface area (TPSA) is 46.2 Å². The summed E-state index contributed by atoms with van der Waals surface area (Å²) >= 11 is 0. The molecular weight excluding hydrogens is 270 g/mol. The molecule has 0 spiro atoms. The van der Waals surface area contributed by atoms with Crippen LogP contribution in [0.2, 0.25) is 0 Å². The standard InChI is InChI=1S/C16H25NO2S/c1-13-9-11-14(12-10-13)20(18,19)16-8-6-4-3-5-7-15(16)17-2/h9-12,15-17H,3-8H2,1-2H3. The number of aryl methyl sites for hydroxylation is 1. The van der Waals surface area contributed by atoms with Crippen LogP contribution < -0.4 is 5.32 Å². The zero-order valence-corrected chi connectivity index (χ0v) is 13.2. The monoisotopic (exact) mass is 295 g/mol. The Labute approximate surface area is 122 Å². The van der Waals surface area contributed by atoms with E-state index < -0.39 is 9.84 Å². The third-order valence-corrected chi connectivity index (χ3v) is 6.61. The summed E-state index contributed by atoms with van der Waals surface area (Å²) in [6.07, 6.45) is 6.21. The van der Waals surface area contributed by atoms with Gasteiger partial charge in [0.25, 0.3) is 0 Å². The summed E-state index contributed by atoms with van der Waals surface area (Å²) in [4.78, 5) is 0.467. The summed E-state index contributed by atoms with van der Waals surface area (Å²) in [5.74, 6) is 0. The Morgan fingerprint density at radius 3 is 2.20 bits per heavy atom. The first-order chi connectivity index (χ1) is 9.55. The second-order valence-electron chi connectivity index (χ2n) is 5.78. The molecule has 1 aliphatic carbocycles. The summed E-state index contributed by atoms with van der Waals surface area (Å²) in [5, 5.41) is 2.93. The van der Waals surface area contributed by atoms with Gasteiger partial charge in [-0.3, -0.25) is 0 Å². The summed E-state index contributed by atoms with van der Waals surface area (Å²) in [7, 11) is -1.36. The first kappa shape index (κ1) is 15.5. The molecule has 0 aromatic heterocycles. The van der Waals surface area contributed by atoms with Gasteiger partial charge in [-0.15, -0.1) is 0 Å². The van der Waals surface area contributed by atoms with Crippen LogP contribution >= 0.6 is 0 Å². The fraction of sp³-hybridized carbons (Fsp3) is 0.625. The highest BCUT2D eigenvalue weighted by molar-refractivity contribution is 7.92. The average Bonchev–Trinajstić information content (AvgIpc) is 2.39. The molecule has 1 aliphatic rings. The van der Waals surface area contributed by atoms with Gasteiger partial charge in [0.2, 0.25) is 0 Å². The summed E-state index contributed by atoms with van der Waals surface area (Å²) < 4.78 is 25.8. The summed E-state index contributed by atoms with van der Waals surface area (Å²) in [6.45, 7) is 1.97. The fourth-order valence-corrected chi connectivity index (χ4v) is 5.10. The molecule has 20 heavy (non-hydrogen) atoms. The highest BCUT2D eigenvalue weighted by atomic mass is 32.2. The van der Waals surface area contributed by atoms with E-state index in [1.807, 2.05) is 26.1 Å². The smallest absolute Gasteiger partial charge is 0.182 e. The summed E-state index contributed by atoms with van der Waals surface area (Å²) in [5.41, 5.74) is 1.09. The van der Waals surface area contributed by atoms with Crippen molar-refractivity contribution in [1.82, 2.24) is 5.32 Å². The third-order valence-electron chi connectivity index (χ3n) is 4.32. The molecule has 0 saturated heterocycles. The van der Waals surface area contributed by atoms with Gasteiger partial charge in [0.1, 0.15) is 0 Å². The molecule has 0 heterocycles. The lowest BCUT2D eigenvalue weighted by molar-refractivity contribution is 0.405. The third kappa shape index (κ3) is 3.41. The van der Waals surface area contributed by atoms with Crippen molar-refractivity contribution in [2.24, 2.45) is 0 Å². The maximum atomic E-state index is 12.9. The number of sulfone groups is 1. The molecule has 2 unspecified atom stereocenters. The molecule has 2 atom stereocenters. The molecule has 1 aromatic carbocycles. The SMILES string of the molecule is CNC1CCCCCCC1S(=O)(=O)c1ccc(C)cc1. The van der Waals surface area contributed by atoms with Gasteiger partial charge in [0.05, 0.1) is 10.1 Å². The van der Waals surface area contributed by atoms with Crippen molar-refractivity contribution in [3.8, 4) is 0 Å². The van der Waals surface area contributed by atoms with Crippen molar-refractivity contribution in [3.05, 3.63) is 29.8 Å². The van der Waals surface area contributed by atoms with Gasteiger partial charge >= 0.3 is 0 Å². The molecule has 2 rings (SSSR count). The molecule has 4 heteroatoms. The molecule has 112 valence electrons. The highest BCUT2D eigenvalue weighted by Crippen LogP contribution is 2.27. The minimum absolute atomic E-state index is 0.0709. The number of rotatable bonds is 3. The molecule has 1 aromatic rings. The van der Waals surface area contributed by atoms with E-state index in [1.165, 1.54) is 6.42 Å². The van der Waals surface area contributed by atoms with Crippen molar-refractivity contribution in [3.63, 3.8) is 0 Å². The minimum atomic E-state index is -3.24. The summed E-state index contributed by atoms with van der Waals surface area (Å²) in [6, 6.07) is 7.32. The molecule has 0 bridgehead atoms. The van der Waals surface area contributed by atoms with Crippen LogP contribution in [-0.4, -0.2) is 26.8 Å². The second-order valence-corrected chi connectivity index (χ2v) is 7.95. The van der Waals surface area contributed by atoms with Crippen molar-refractivity contribution < 1.29 is 8.42 Å². The zero-order valence-electron chi connectivity index (χ0n) is 12.4. The Morgan fingerprint density at radius 1 is 1.00 bits per heavy atom. The van der Waals surface area contributed by atoms with E-state index >= 15 is 0 Å². The first-order valence-electron chi connectivity index (χ1n) is 7.53. The predicted octanol–water partition coefficient (Wildman–Crippen LogP) is 3.08. The van der Waals surface area contributed by atoms with Gasteiger partial charge in [-0.25, -0.2) is 8.42 Å². The lowest BCUT2D eigenvalue weighted by Gasteiger charge is -2.29. The molecule has 3 nitrogen and oxygen atoms in total. The molecule has 1 fully saturated rings. The van der Waals surface area contributed by atoms with Gasteiger partial charge in [0.15, 0.2) is 9.84 Å².